The van der Waals surface area contributed by atoms with Gasteiger partial charge in [-0.2, -0.15) is 4.98 Å². The van der Waals surface area contributed by atoms with E-state index >= 15 is 0 Å². The Morgan fingerprint density at radius 1 is 1.17 bits per heavy atom. The molecule has 0 saturated carbocycles. The van der Waals surface area contributed by atoms with Crippen molar-refractivity contribution in [2.45, 2.75) is 45.7 Å². The molecule has 0 bridgehead atoms. The third-order valence-corrected chi connectivity index (χ3v) is 5.24. The van der Waals surface area contributed by atoms with E-state index in [1.165, 1.54) is 5.56 Å². The van der Waals surface area contributed by atoms with Gasteiger partial charge in [-0.05, 0) is 55.2 Å². The van der Waals surface area contributed by atoms with Crippen LogP contribution in [-0.2, 0) is 11.3 Å². The highest BCUT2D eigenvalue weighted by Crippen LogP contribution is 2.34. The number of benzene rings is 2. The molecule has 1 aromatic heterocycles. The molecule has 1 atom stereocenters. The fraction of sp³-hybridized carbons (Fsp3) is 0.348. The van der Waals surface area contributed by atoms with E-state index in [9.17, 15) is 4.79 Å². The molecule has 0 N–H and O–H groups in total. The molecular weight excluding hydrogens is 366 g/mol. The predicted molar refractivity (Wildman–Crippen MR) is 109 cm³/mol. The summed E-state index contributed by atoms with van der Waals surface area (Å²) in [6.07, 6.45) is 2.16. The van der Waals surface area contributed by atoms with Crippen molar-refractivity contribution >= 4 is 5.91 Å². The minimum atomic E-state index is -0.185. The van der Waals surface area contributed by atoms with Crippen LogP contribution in [-0.4, -0.2) is 27.6 Å². The van der Waals surface area contributed by atoms with Crippen LogP contribution in [0.5, 0.6) is 5.75 Å². The molecule has 1 aliphatic rings. The zero-order valence-corrected chi connectivity index (χ0v) is 16.8. The van der Waals surface area contributed by atoms with Crippen molar-refractivity contribution in [2.24, 2.45) is 0 Å². The lowest BCUT2D eigenvalue weighted by molar-refractivity contribution is -0.130. The summed E-state index contributed by atoms with van der Waals surface area (Å²) in [4.78, 5) is 18.9. The van der Waals surface area contributed by atoms with Gasteiger partial charge in [-0.3, -0.25) is 4.79 Å². The van der Waals surface area contributed by atoms with E-state index in [4.69, 9.17) is 9.26 Å². The molecule has 1 saturated heterocycles. The van der Waals surface area contributed by atoms with E-state index in [1.54, 1.807) is 0 Å². The second-order valence-electron chi connectivity index (χ2n) is 7.33. The molecule has 2 heterocycles. The second kappa shape index (κ2) is 8.47. The Morgan fingerprint density at radius 2 is 1.97 bits per heavy atom. The third-order valence-electron chi connectivity index (χ3n) is 5.24. The number of carbonyl (C=O) groups excluding carboxylic acids is 1. The Bertz CT molecular complexity index is 981. The van der Waals surface area contributed by atoms with Crippen molar-refractivity contribution in [3.8, 4) is 17.1 Å². The Morgan fingerprint density at radius 3 is 2.72 bits per heavy atom. The summed E-state index contributed by atoms with van der Waals surface area (Å²) in [5.41, 5.74) is 3.16. The summed E-state index contributed by atoms with van der Waals surface area (Å²) in [6.45, 7) is 5.38. The Labute approximate surface area is 170 Å². The molecule has 0 spiro atoms. The molecule has 2 aromatic carbocycles. The molecule has 6 heteroatoms. The van der Waals surface area contributed by atoms with E-state index in [2.05, 4.69) is 36.1 Å². The van der Waals surface area contributed by atoms with Crippen molar-refractivity contribution in [3.63, 3.8) is 0 Å². The molecule has 1 unspecified atom stereocenters. The van der Waals surface area contributed by atoms with E-state index in [-0.39, 0.29) is 11.9 Å². The molecule has 0 aliphatic carbocycles. The van der Waals surface area contributed by atoms with Crippen molar-refractivity contribution in [1.82, 2.24) is 15.0 Å². The molecule has 1 fully saturated rings. The number of hydrogen-bond acceptors (Lipinski definition) is 5. The zero-order chi connectivity index (χ0) is 20.2. The summed E-state index contributed by atoms with van der Waals surface area (Å²) in [5.74, 6) is 1.96. The third kappa shape index (κ3) is 4.16. The second-order valence-corrected chi connectivity index (χ2v) is 7.33. The molecule has 29 heavy (non-hydrogen) atoms. The number of likely N-dealkylation sites (tertiary alicyclic amines) is 1. The largest absolute Gasteiger partial charge is 0.494 e. The topological polar surface area (TPSA) is 68.5 Å². The van der Waals surface area contributed by atoms with Crippen LogP contribution in [0, 0.1) is 6.92 Å². The molecule has 6 nitrogen and oxygen atoms in total. The van der Waals surface area contributed by atoms with Crippen molar-refractivity contribution in [2.75, 3.05) is 6.61 Å². The zero-order valence-electron chi connectivity index (χ0n) is 16.8. The average Bonchev–Trinajstić information content (AvgIpc) is 3.36. The first kappa shape index (κ1) is 19.2. The normalized spacial score (nSPS) is 16.4. The summed E-state index contributed by atoms with van der Waals surface area (Å²) in [7, 11) is 0. The van der Waals surface area contributed by atoms with Crippen LogP contribution in [0.4, 0.5) is 0 Å². The number of nitrogens with zero attached hydrogens (tertiary/aromatic N) is 3. The quantitative estimate of drug-likeness (QED) is 0.584. The van der Waals surface area contributed by atoms with E-state index in [0.717, 1.165) is 23.3 Å². The maximum atomic E-state index is 12.5. The molecule has 3 aromatic rings. The van der Waals surface area contributed by atoms with E-state index in [0.29, 0.717) is 37.7 Å². The number of carbonyl (C=O) groups is 1. The molecule has 1 amide bonds. The van der Waals surface area contributed by atoms with Gasteiger partial charge < -0.3 is 14.2 Å². The van der Waals surface area contributed by atoms with Crippen LogP contribution >= 0.6 is 0 Å². The first-order chi connectivity index (χ1) is 14.2. The molecule has 0 radical (unpaired) electrons. The van der Waals surface area contributed by atoms with Gasteiger partial charge in [-0.25, -0.2) is 0 Å². The van der Waals surface area contributed by atoms with Crippen LogP contribution in [0.1, 0.15) is 49.2 Å². The summed E-state index contributed by atoms with van der Waals surface area (Å²) >= 11 is 0. The minimum absolute atomic E-state index is 0.121. The first-order valence-electron chi connectivity index (χ1n) is 10.1. The van der Waals surface area contributed by atoms with Gasteiger partial charge in [0, 0.05) is 18.5 Å². The molecule has 1 aliphatic heterocycles. The molecular formula is C23H25N3O3. The highest BCUT2D eigenvalue weighted by Gasteiger charge is 2.36. The minimum Gasteiger partial charge on any atom is -0.494 e. The van der Waals surface area contributed by atoms with E-state index in [1.807, 2.05) is 41.3 Å². The van der Waals surface area contributed by atoms with Crippen LogP contribution in [0.3, 0.4) is 0 Å². The Balaban J connectivity index is 1.52. The SMILES string of the molecule is CCCOc1ccc(-c2noc(C3CCC(=O)N3Cc3ccccc3C)n2)cc1. The highest BCUT2D eigenvalue weighted by molar-refractivity contribution is 5.79. The maximum absolute atomic E-state index is 12.5. The number of aromatic nitrogens is 2. The number of rotatable bonds is 7. The smallest absolute Gasteiger partial charge is 0.249 e. The number of hydrogen-bond donors (Lipinski definition) is 0. The van der Waals surface area contributed by atoms with Gasteiger partial charge in [0.15, 0.2) is 0 Å². The lowest BCUT2D eigenvalue weighted by Gasteiger charge is -2.23. The van der Waals surface area contributed by atoms with Gasteiger partial charge >= 0.3 is 0 Å². The lowest BCUT2D eigenvalue weighted by Crippen LogP contribution is -2.27. The monoisotopic (exact) mass is 391 g/mol. The average molecular weight is 391 g/mol. The predicted octanol–water partition coefficient (Wildman–Crippen LogP) is 4.70. The molecule has 4 rings (SSSR count). The van der Waals surface area contributed by atoms with Gasteiger partial charge in [-0.1, -0.05) is 36.3 Å². The molecule has 150 valence electrons. The van der Waals surface area contributed by atoms with Gasteiger partial charge in [0.1, 0.15) is 11.8 Å². The maximum Gasteiger partial charge on any atom is 0.249 e. The van der Waals surface area contributed by atoms with Crippen molar-refractivity contribution in [1.29, 1.82) is 0 Å². The summed E-state index contributed by atoms with van der Waals surface area (Å²) < 4.78 is 11.2. The van der Waals surface area contributed by atoms with E-state index < -0.39 is 0 Å². The van der Waals surface area contributed by atoms with Gasteiger partial charge in [0.2, 0.25) is 17.6 Å². The van der Waals surface area contributed by atoms with Crippen LogP contribution in [0.25, 0.3) is 11.4 Å². The van der Waals surface area contributed by atoms with Crippen LogP contribution in [0.2, 0.25) is 0 Å². The van der Waals surface area contributed by atoms with Crippen molar-refractivity contribution < 1.29 is 14.1 Å². The Kier molecular flexibility index (Phi) is 5.60. The summed E-state index contributed by atoms with van der Waals surface area (Å²) in [6, 6.07) is 15.6. The van der Waals surface area contributed by atoms with Crippen LogP contribution < -0.4 is 4.74 Å². The Hall–Kier alpha value is -3.15. The van der Waals surface area contributed by atoms with Crippen LogP contribution in [0.15, 0.2) is 53.1 Å². The lowest BCUT2D eigenvalue weighted by atomic mass is 10.1. The van der Waals surface area contributed by atoms with Gasteiger partial charge in [0.05, 0.1) is 6.61 Å². The number of ether oxygens (including phenoxy) is 1. The summed E-state index contributed by atoms with van der Waals surface area (Å²) in [5, 5.41) is 4.14. The van der Waals surface area contributed by atoms with Gasteiger partial charge in [-0.15, -0.1) is 0 Å². The fourth-order valence-electron chi connectivity index (χ4n) is 3.57. The van der Waals surface area contributed by atoms with Crippen molar-refractivity contribution in [3.05, 3.63) is 65.5 Å². The standard InChI is InChI=1S/C23H25N3O3/c1-3-14-28-19-10-8-17(9-11-19)22-24-23(29-25-22)20-12-13-21(27)26(20)15-18-7-5-4-6-16(18)2/h4-11,20H,3,12-15H2,1-2H3. The number of amides is 1. The number of aryl methyl sites for hydroxylation is 1. The first-order valence-corrected chi connectivity index (χ1v) is 10.1. The highest BCUT2D eigenvalue weighted by atomic mass is 16.5. The fourth-order valence-corrected chi connectivity index (χ4v) is 3.57. The van der Waals surface area contributed by atoms with Gasteiger partial charge in [0.25, 0.3) is 0 Å².